The van der Waals surface area contributed by atoms with Gasteiger partial charge in [-0.3, -0.25) is 0 Å². The zero-order chi connectivity index (χ0) is 75.4. The summed E-state index contributed by atoms with van der Waals surface area (Å²) in [6.07, 6.45) is 0. The highest BCUT2D eigenvalue weighted by Gasteiger charge is 2.24. The quantitative estimate of drug-likeness (QED) is 0.0903. The molecule has 114 heavy (non-hydrogen) atoms. The standard InChI is InChI=1S/C110H72N2O2/c1-6-25-73(26-7-1)74-47-59-89(60-48-74)112(106-42-21-18-35-91(106)77-27-8-2-9-28-77)90-61-51-76(52-62-90)82-56-66-95(101(68-82)79-31-12-4-13-32-79)104-71-85(72-105-97-39-20-23-44-108(97)114-110(104)105)83-45-46-84-70-102(92-36-16-17-37-93(92)103(84)69-83)80-53-63-88(64-54-80)111(86-33-14-5-15-34-86)87-57-49-75(50-58-87)81-55-65-94(100(67-81)78-29-10-3-11-30-78)98-40-24-41-99-96-38-19-22-43-107(96)113-109(98)99/h1-72H. The van der Waals surface area contributed by atoms with E-state index in [1.54, 1.807) is 0 Å². The minimum Gasteiger partial charge on any atom is -0.455 e. The van der Waals surface area contributed by atoms with Crippen LogP contribution in [-0.2, 0) is 0 Å². The molecule has 0 bridgehead atoms. The molecule has 4 heteroatoms. The molecule has 4 nitrogen and oxygen atoms in total. The Hall–Kier alpha value is -15.1. The van der Waals surface area contributed by atoms with Crippen LogP contribution < -0.4 is 9.80 Å². The molecule has 0 radical (unpaired) electrons. The summed E-state index contributed by atoms with van der Waals surface area (Å²) in [5.41, 5.74) is 32.5. The van der Waals surface area contributed by atoms with E-state index in [0.29, 0.717) is 0 Å². The second-order valence-corrected chi connectivity index (χ2v) is 29.4. The molecule has 0 N–H and O–H groups in total. The van der Waals surface area contributed by atoms with Crippen molar-refractivity contribution < 1.29 is 8.83 Å². The average molecular weight is 1450 g/mol. The van der Waals surface area contributed by atoms with E-state index >= 15 is 0 Å². The van der Waals surface area contributed by atoms with E-state index in [4.69, 9.17) is 8.83 Å². The van der Waals surface area contributed by atoms with Gasteiger partial charge in [0.05, 0.1) is 5.69 Å². The fraction of sp³-hybridized carbons (Fsp3) is 0. The first-order chi connectivity index (χ1) is 56.5. The molecular weight excluding hydrogens is 1380 g/mol. The molecule has 0 saturated carbocycles. The van der Waals surface area contributed by atoms with E-state index in [-0.39, 0.29) is 0 Å². The molecule has 0 amide bonds. The van der Waals surface area contributed by atoms with Crippen molar-refractivity contribution in [3.8, 4) is 111 Å². The molecule has 0 atom stereocenters. The van der Waals surface area contributed by atoms with Crippen LogP contribution in [0.1, 0.15) is 0 Å². The number of hydrogen-bond donors (Lipinski definition) is 0. The van der Waals surface area contributed by atoms with Crippen LogP contribution in [0.4, 0.5) is 34.1 Å². The SMILES string of the molecule is c1ccc(-c2ccc(N(c3ccc(-c4ccc(-c5cc(-c6ccc7cc(-c8ccc(N(c9ccccc9)c9ccc(-c%10ccc(-c%11cccc%12c%11oc%11ccccc%11%12)c(-c%11ccccc%11)c%10)cc9)cc8)c8ccccc8c7c6)cc6c5oc5ccccc56)c(-c5ccccc5)c4)cc3)c3ccccc3-c3ccccc3)cc2)cc1. The van der Waals surface area contributed by atoms with Crippen LogP contribution in [0.2, 0.25) is 0 Å². The van der Waals surface area contributed by atoms with E-state index in [9.17, 15) is 0 Å². The first-order valence-electron chi connectivity index (χ1n) is 39.0. The van der Waals surface area contributed by atoms with E-state index in [2.05, 4.69) is 441 Å². The van der Waals surface area contributed by atoms with Gasteiger partial charge in [0.2, 0.25) is 0 Å². The Kier molecular flexibility index (Phi) is 16.9. The first-order valence-corrected chi connectivity index (χ1v) is 39.0. The Morgan fingerprint density at radius 1 is 0.149 bits per heavy atom. The third kappa shape index (κ3) is 12.2. The molecule has 0 aliphatic heterocycles. The maximum atomic E-state index is 7.01. The molecule has 0 aliphatic carbocycles. The molecule has 534 valence electrons. The van der Waals surface area contributed by atoms with E-state index in [1.165, 1.54) is 38.2 Å². The van der Waals surface area contributed by atoms with Crippen molar-refractivity contribution in [1.29, 1.82) is 0 Å². The number of para-hydroxylation sites is 5. The summed E-state index contributed by atoms with van der Waals surface area (Å²) in [6.45, 7) is 0. The predicted octanol–water partition coefficient (Wildman–Crippen LogP) is 31.4. The van der Waals surface area contributed by atoms with Crippen LogP contribution in [0.3, 0.4) is 0 Å². The van der Waals surface area contributed by atoms with Gasteiger partial charge in [0.1, 0.15) is 22.3 Å². The van der Waals surface area contributed by atoms with Gasteiger partial charge in [0.25, 0.3) is 0 Å². The van der Waals surface area contributed by atoms with Crippen molar-refractivity contribution in [2.75, 3.05) is 9.80 Å². The molecule has 0 fully saturated rings. The van der Waals surface area contributed by atoms with Gasteiger partial charge in [-0.15, -0.1) is 0 Å². The van der Waals surface area contributed by atoms with Gasteiger partial charge in [0.15, 0.2) is 0 Å². The lowest BCUT2D eigenvalue weighted by Crippen LogP contribution is -2.11. The Bertz CT molecular complexity index is 7160. The highest BCUT2D eigenvalue weighted by Crippen LogP contribution is 2.49. The van der Waals surface area contributed by atoms with Gasteiger partial charge in [0, 0.05) is 66.7 Å². The van der Waals surface area contributed by atoms with Crippen LogP contribution in [0, 0.1) is 0 Å². The normalized spacial score (nSPS) is 11.5. The molecule has 0 aliphatic rings. The number of anilines is 6. The van der Waals surface area contributed by atoms with Crippen molar-refractivity contribution in [1.82, 2.24) is 0 Å². The van der Waals surface area contributed by atoms with Gasteiger partial charge >= 0.3 is 0 Å². The average Bonchev–Trinajstić information content (AvgIpc) is 1.56. The fourth-order valence-corrected chi connectivity index (χ4v) is 17.1. The number of hydrogen-bond acceptors (Lipinski definition) is 4. The number of nitrogens with zero attached hydrogens (tertiary/aromatic N) is 2. The Labute approximate surface area is 661 Å². The zero-order valence-corrected chi connectivity index (χ0v) is 62.3. The Morgan fingerprint density at radius 3 is 1.07 bits per heavy atom. The molecule has 21 rings (SSSR count). The van der Waals surface area contributed by atoms with Crippen molar-refractivity contribution in [3.05, 3.63) is 437 Å². The lowest BCUT2D eigenvalue weighted by molar-refractivity contribution is 0.669. The third-order valence-corrected chi connectivity index (χ3v) is 22.7. The Balaban J connectivity index is 0.614. The summed E-state index contributed by atoms with van der Waals surface area (Å²) in [5, 5.41) is 9.15. The molecule has 2 heterocycles. The van der Waals surface area contributed by atoms with Gasteiger partial charge < -0.3 is 18.6 Å². The largest absolute Gasteiger partial charge is 0.455 e. The van der Waals surface area contributed by atoms with E-state index < -0.39 is 0 Å². The molecule has 21 aromatic rings. The third-order valence-electron chi connectivity index (χ3n) is 22.7. The van der Waals surface area contributed by atoms with Crippen LogP contribution in [0.15, 0.2) is 446 Å². The van der Waals surface area contributed by atoms with Crippen LogP contribution >= 0.6 is 0 Å². The first kappa shape index (κ1) is 67.0. The summed E-state index contributed by atoms with van der Waals surface area (Å²) in [5.74, 6) is 0. The van der Waals surface area contributed by atoms with Crippen LogP contribution in [0.25, 0.3) is 177 Å². The Morgan fingerprint density at radius 2 is 0.500 bits per heavy atom. The minimum absolute atomic E-state index is 0.856. The second-order valence-electron chi connectivity index (χ2n) is 29.4. The van der Waals surface area contributed by atoms with Gasteiger partial charge in [-0.05, 0) is 231 Å². The summed E-state index contributed by atoms with van der Waals surface area (Å²) in [7, 11) is 0. The maximum Gasteiger partial charge on any atom is 0.143 e. The van der Waals surface area contributed by atoms with Crippen molar-refractivity contribution >= 4 is 99.5 Å². The van der Waals surface area contributed by atoms with Gasteiger partial charge in [-0.2, -0.15) is 0 Å². The predicted molar refractivity (Wildman–Crippen MR) is 480 cm³/mol. The number of rotatable bonds is 16. The smallest absolute Gasteiger partial charge is 0.143 e. The number of furan rings is 2. The second kappa shape index (κ2) is 28.7. The van der Waals surface area contributed by atoms with Crippen molar-refractivity contribution in [2.45, 2.75) is 0 Å². The highest BCUT2D eigenvalue weighted by molar-refractivity contribution is 6.17. The van der Waals surface area contributed by atoms with E-state index in [1.807, 2.05) is 6.07 Å². The van der Waals surface area contributed by atoms with Crippen LogP contribution in [0.5, 0.6) is 0 Å². The summed E-state index contributed by atoms with van der Waals surface area (Å²) >= 11 is 0. The monoisotopic (exact) mass is 1450 g/mol. The molecule has 19 aromatic carbocycles. The molecular formula is C110H72N2O2. The lowest BCUT2D eigenvalue weighted by Gasteiger charge is -2.28. The van der Waals surface area contributed by atoms with Crippen molar-refractivity contribution in [3.63, 3.8) is 0 Å². The van der Waals surface area contributed by atoms with Crippen molar-refractivity contribution in [2.24, 2.45) is 0 Å². The summed E-state index contributed by atoms with van der Waals surface area (Å²) in [4.78, 5) is 4.73. The summed E-state index contributed by atoms with van der Waals surface area (Å²) in [6, 6.07) is 158. The van der Waals surface area contributed by atoms with Gasteiger partial charge in [-0.1, -0.05) is 322 Å². The molecule has 0 spiro atoms. The number of fused-ring (bicyclic) bond motifs is 9. The minimum atomic E-state index is 0.856. The lowest BCUT2D eigenvalue weighted by atomic mass is 9.88. The maximum absolute atomic E-state index is 7.01. The van der Waals surface area contributed by atoms with Gasteiger partial charge in [-0.25, -0.2) is 0 Å². The number of benzene rings is 19. The summed E-state index contributed by atoms with van der Waals surface area (Å²) < 4.78 is 13.6. The molecule has 0 saturated heterocycles. The molecule has 0 unspecified atom stereocenters. The fourth-order valence-electron chi connectivity index (χ4n) is 17.1. The topological polar surface area (TPSA) is 32.8 Å². The highest BCUT2D eigenvalue weighted by atomic mass is 16.3. The zero-order valence-electron chi connectivity index (χ0n) is 62.3. The van der Waals surface area contributed by atoms with E-state index in [0.717, 1.165) is 173 Å². The molecule has 2 aromatic heterocycles. The van der Waals surface area contributed by atoms with Crippen LogP contribution in [-0.4, -0.2) is 0 Å².